The number of hydrogen-bond acceptors (Lipinski definition) is 5. The molecular weight excluding hydrogens is 330 g/mol. The van der Waals surface area contributed by atoms with Crippen molar-refractivity contribution in [2.45, 2.75) is 64.1 Å². The monoisotopic (exact) mass is 357 g/mol. The zero-order valence-corrected chi connectivity index (χ0v) is 14.6. The van der Waals surface area contributed by atoms with Crippen molar-refractivity contribution in [3.63, 3.8) is 0 Å². The molecule has 5 N–H and O–H groups in total. The first kappa shape index (κ1) is 20.9. The summed E-state index contributed by atoms with van der Waals surface area (Å²) in [5.41, 5.74) is 5.75. The second kappa shape index (κ2) is 9.36. The highest BCUT2D eigenvalue weighted by molar-refractivity contribution is 5.92. The van der Waals surface area contributed by atoms with E-state index >= 15 is 0 Å². The Kier molecular flexibility index (Phi) is 7.82. The quantitative estimate of drug-likeness (QED) is 0.445. The molecule has 0 radical (unpaired) electrons. The van der Waals surface area contributed by atoms with Gasteiger partial charge in [0.1, 0.15) is 12.1 Å². The van der Waals surface area contributed by atoms with Crippen molar-refractivity contribution in [1.82, 2.24) is 10.2 Å². The standard InChI is InChI=1S/C16H27N3O6/c1-3-9(2)13(16(24)25)18-14(22)11-5-4-8-19(11)15(23)10(17)6-7-12(20)21/h9-11,13H,3-8,17H2,1-2H3,(H,18,22)(H,20,21)(H,24,25)/t9-,10-,11-,13-/m0/s1. The first-order chi connectivity index (χ1) is 11.7. The van der Waals surface area contributed by atoms with E-state index in [0.717, 1.165) is 0 Å². The zero-order valence-electron chi connectivity index (χ0n) is 14.6. The molecule has 9 nitrogen and oxygen atoms in total. The maximum absolute atomic E-state index is 12.5. The third kappa shape index (κ3) is 5.70. The third-order valence-corrected chi connectivity index (χ3v) is 4.60. The molecule has 0 unspecified atom stereocenters. The van der Waals surface area contributed by atoms with Gasteiger partial charge in [0, 0.05) is 13.0 Å². The molecule has 1 aliphatic heterocycles. The average Bonchev–Trinajstić information content (AvgIpc) is 3.05. The Hall–Kier alpha value is -2.16. The first-order valence-corrected chi connectivity index (χ1v) is 8.50. The van der Waals surface area contributed by atoms with Crippen LogP contribution in [0.3, 0.4) is 0 Å². The van der Waals surface area contributed by atoms with E-state index in [0.29, 0.717) is 25.8 Å². The van der Waals surface area contributed by atoms with Crippen LogP contribution >= 0.6 is 0 Å². The molecule has 1 fully saturated rings. The molecule has 0 spiro atoms. The van der Waals surface area contributed by atoms with Gasteiger partial charge in [0.05, 0.1) is 6.04 Å². The van der Waals surface area contributed by atoms with E-state index in [4.69, 9.17) is 10.8 Å². The van der Waals surface area contributed by atoms with Crippen LogP contribution in [0, 0.1) is 5.92 Å². The molecule has 2 amide bonds. The minimum Gasteiger partial charge on any atom is -0.481 e. The second-order valence-electron chi connectivity index (χ2n) is 6.44. The molecule has 1 heterocycles. The molecular formula is C16H27N3O6. The summed E-state index contributed by atoms with van der Waals surface area (Å²) in [5, 5.41) is 20.5. The summed E-state index contributed by atoms with van der Waals surface area (Å²) in [7, 11) is 0. The number of hydrogen-bond donors (Lipinski definition) is 4. The van der Waals surface area contributed by atoms with Crippen molar-refractivity contribution in [1.29, 1.82) is 0 Å². The molecule has 1 saturated heterocycles. The van der Waals surface area contributed by atoms with Crippen LogP contribution in [0.15, 0.2) is 0 Å². The fourth-order valence-corrected chi connectivity index (χ4v) is 2.85. The van der Waals surface area contributed by atoms with E-state index in [-0.39, 0.29) is 18.8 Å². The van der Waals surface area contributed by atoms with Crippen LogP contribution in [-0.4, -0.2) is 63.5 Å². The van der Waals surface area contributed by atoms with Crippen molar-refractivity contribution in [3.05, 3.63) is 0 Å². The predicted molar refractivity (Wildman–Crippen MR) is 88.6 cm³/mol. The van der Waals surface area contributed by atoms with Gasteiger partial charge in [-0.1, -0.05) is 20.3 Å². The number of nitrogens with two attached hydrogens (primary N) is 1. The number of carboxylic acid groups (broad SMARTS) is 2. The molecule has 1 aliphatic rings. The van der Waals surface area contributed by atoms with Crippen molar-refractivity contribution >= 4 is 23.8 Å². The SMILES string of the molecule is CC[C@H](C)[C@H](NC(=O)[C@@H]1CCCN1C(=O)[C@@H](N)CCC(=O)O)C(=O)O. The van der Waals surface area contributed by atoms with E-state index < -0.39 is 41.9 Å². The first-order valence-electron chi connectivity index (χ1n) is 8.50. The number of carbonyl (C=O) groups is 4. The van der Waals surface area contributed by atoms with Gasteiger partial charge in [0.25, 0.3) is 0 Å². The van der Waals surface area contributed by atoms with Crippen LogP contribution in [0.4, 0.5) is 0 Å². The van der Waals surface area contributed by atoms with Crippen LogP contribution < -0.4 is 11.1 Å². The minimum atomic E-state index is -1.11. The lowest BCUT2D eigenvalue weighted by atomic mass is 9.98. The Morgan fingerprint density at radius 1 is 1.28 bits per heavy atom. The number of likely N-dealkylation sites (tertiary alicyclic amines) is 1. The van der Waals surface area contributed by atoms with Gasteiger partial charge in [-0.2, -0.15) is 0 Å². The lowest BCUT2D eigenvalue weighted by Gasteiger charge is -2.28. The fourth-order valence-electron chi connectivity index (χ4n) is 2.85. The lowest BCUT2D eigenvalue weighted by Crippen LogP contribution is -2.55. The van der Waals surface area contributed by atoms with E-state index in [1.165, 1.54) is 4.90 Å². The molecule has 0 aromatic rings. The van der Waals surface area contributed by atoms with Crippen LogP contribution in [0.5, 0.6) is 0 Å². The third-order valence-electron chi connectivity index (χ3n) is 4.60. The van der Waals surface area contributed by atoms with Crippen molar-refractivity contribution in [3.8, 4) is 0 Å². The maximum atomic E-state index is 12.5. The number of amides is 2. The van der Waals surface area contributed by atoms with Gasteiger partial charge in [-0.05, 0) is 25.2 Å². The van der Waals surface area contributed by atoms with Gasteiger partial charge in [-0.3, -0.25) is 14.4 Å². The van der Waals surface area contributed by atoms with E-state index in [2.05, 4.69) is 5.32 Å². The Labute approximate surface area is 146 Å². The van der Waals surface area contributed by atoms with Gasteiger partial charge in [0.15, 0.2) is 0 Å². The summed E-state index contributed by atoms with van der Waals surface area (Å²) in [6.07, 6.45) is 1.38. The molecule has 0 aromatic carbocycles. The van der Waals surface area contributed by atoms with Crippen LogP contribution in [0.25, 0.3) is 0 Å². The summed E-state index contributed by atoms with van der Waals surface area (Å²) < 4.78 is 0. The molecule has 0 saturated carbocycles. The Morgan fingerprint density at radius 2 is 1.92 bits per heavy atom. The largest absolute Gasteiger partial charge is 0.481 e. The summed E-state index contributed by atoms with van der Waals surface area (Å²) in [4.78, 5) is 48.2. The van der Waals surface area contributed by atoms with Gasteiger partial charge in [-0.25, -0.2) is 4.79 Å². The van der Waals surface area contributed by atoms with Gasteiger partial charge < -0.3 is 26.2 Å². The van der Waals surface area contributed by atoms with Gasteiger partial charge in [0.2, 0.25) is 11.8 Å². The number of nitrogens with zero attached hydrogens (tertiary/aromatic N) is 1. The lowest BCUT2D eigenvalue weighted by molar-refractivity contribution is -0.145. The second-order valence-corrected chi connectivity index (χ2v) is 6.44. The van der Waals surface area contributed by atoms with E-state index in [1.807, 2.05) is 6.92 Å². The molecule has 1 rings (SSSR count). The summed E-state index contributed by atoms with van der Waals surface area (Å²) in [6.45, 7) is 3.91. The van der Waals surface area contributed by atoms with Crippen LogP contribution in [-0.2, 0) is 19.2 Å². The number of rotatable bonds is 9. The Morgan fingerprint density at radius 3 is 2.44 bits per heavy atom. The molecule has 4 atom stereocenters. The molecule has 0 bridgehead atoms. The number of aliphatic carboxylic acids is 2. The molecule has 0 aliphatic carbocycles. The number of carbonyl (C=O) groups excluding carboxylic acids is 2. The van der Waals surface area contributed by atoms with Crippen molar-refractivity contribution in [2.75, 3.05) is 6.54 Å². The summed E-state index contributed by atoms with van der Waals surface area (Å²) in [5.74, 6) is -3.39. The summed E-state index contributed by atoms with van der Waals surface area (Å²) in [6, 6.07) is -2.78. The normalized spacial score (nSPS) is 20.6. The minimum absolute atomic E-state index is 0.0103. The Balaban J connectivity index is 2.75. The van der Waals surface area contributed by atoms with E-state index in [9.17, 15) is 24.3 Å². The molecule has 142 valence electrons. The Bertz CT molecular complexity index is 524. The van der Waals surface area contributed by atoms with Gasteiger partial charge >= 0.3 is 11.9 Å². The highest BCUT2D eigenvalue weighted by atomic mass is 16.4. The molecule has 9 heteroatoms. The summed E-state index contributed by atoms with van der Waals surface area (Å²) >= 11 is 0. The van der Waals surface area contributed by atoms with E-state index in [1.54, 1.807) is 6.92 Å². The average molecular weight is 357 g/mol. The predicted octanol–water partition coefficient (Wildman–Crippen LogP) is -0.215. The maximum Gasteiger partial charge on any atom is 0.326 e. The van der Waals surface area contributed by atoms with Crippen LogP contribution in [0.2, 0.25) is 0 Å². The van der Waals surface area contributed by atoms with Gasteiger partial charge in [-0.15, -0.1) is 0 Å². The van der Waals surface area contributed by atoms with Crippen molar-refractivity contribution < 1.29 is 29.4 Å². The molecule has 25 heavy (non-hydrogen) atoms. The zero-order chi connectivity index (χ0) is 19.1. The highest BCUT2D eigenvalue weighted by Crippen LogP contribution is 2.20. The molecule has 0 aromatic heterocycles. The highest BCUT2D eigenvalue weighted by Gasteiger charge is 2.38. The topological polar surface area (TPSA) is 150 Å². The number of carboxylic acids is 2. The smallest absolute Gasteiger partial charge is 0.326 e. The van der Waals surface area contributed by atoms with Crippen LogP contribution in [0.1, 0.15) is 46.0 Å². The number of nitrogens with one attached hydrogen (secondary N) is 1. The fraction of sp³-hybridized carbons (Fsp3) is 0.750. The van der Waals surface area contributed by atoms with Crippen molar-refractivity contribution in [2.24, 2.45) is 11.7 Å².